The zero-order valence-corrected chi connectivity index (χ0v) is 19.5. The molecule has 0 aliphatic heterocycles. The molecule has 0 heterocycles. The van der Waals surface area contributed by atoms with E-state index in [4.69, 9.17) is 39.9 Å². The first-order valence-corrected chi connectivity index (χ1v) is 12.2. The lowest BCUT2D eigenvalue weighted by molar-refractivity contribution is -0.137. The maximum atomic E-state index is 13.9. The van der Waals surface area contributed by atoms with Crippen LogP contribution in [-0.2, 0) is 16.2 Å². The third-order valence-corrected chi connectivity index (χ3v) is 7.60. The molecule has 5 nitrogen and oxygen atoms in total. The van der Waals surface area contributed by atoms with Gasteiger partial charge in [0.15, 0.2) is 0 Å². The van der Waals surface area contributed by atoms with E-state index in [1.165, 1.54) is 24.3 Å². The van der Waals surface area contributed by atoms with Crippen molar-refractivity contribution in [3.8, 4) is 0 Å². The lowest BCUT2D eigenvalue weighted by Crippen LogP contribution is -2.53. The molecule has 2 N–H and O–H groups in total. The summed E-state index contributed by atoms with van der Waals surface area (Å²) < 4.78 is 66.4. The number of hydrogen-bond donors (Lipinski definition) is 1. The molecule has 12 heteroatoms. The van der Waals surface area contributed by atoms with Crippen LogP contribution in [-0.4, -0.2) is 25.6 Å². The molecule has 2 aromatic carbocycles. The Bertz CT molecular complexity index is 1120. The Kier molecular flexibility index (Phi) is 7.36. The molecule has 1 saturated carbocycles. The van der Waals surface area contributed by atoms with Crippen LogP contribution in [0.1, 0.15) is 41.6 Å². The van der Waals surface area contributed by atoms with Crippen LogP contribution < -0.4 is 10.0 Å². The van der Waals surface area contributed by atoms with E-state index < -0.39 is 44.6 Å². The molecule has 0 saturated heterocycles. The molecule has 2 unspecified atom stereocenters. The number of nitrogens with zero attached hydrogens (tertiary/aromatic N) is 1. The number of sulfonamides is 1. The molecule has 32 heavy (non-hydrogen) atoms. The minimum atomic E-state index is -4.88. The Hall–Kier alpha value is -1.52. The molecule has 1 aliphatic carbocycles. The quantitative estimate of drug-likeness (QED) is 0.534. The van der Waals surface area contributed by atoms with Gasteiger partial charge in [-0.1, -0.05) is 53.7 Å². The van der Waals surface area contributed by atoms with Crippen molar-refractivity contribution in [2.75, 3.05) is 4.90 Å². The number of benzene rings is 2. The number of anilines is 1. The van der Waals surface area contributed by atoms with Crippen molar-refractivity contribution in [1.82, 2.24) is 0 Å². The van der Waals surface area contributed by atoms with Crippen molar-refractivity contribution >= 4 is 56.4 Å². The van der Waals surface area contributed by atoms with Gasteiger partial charge in [0.2, 0.25) is 10.0 Å². The number of amides is 1. The van der Waals surface area contributed by atoms with Gasteiger partial charge in [0.25, 0.3) is 5.91 Å². The van der Waals surface area contributed by atoms with Gasteiger partial charge in [-0.2, -0.15) is 13.2 Å². The smallest absolute Gasteiger partial charge is 0.303 e. The average molecular weight is 530 g/mol. The second-order valence-electron chi connectivity index (χ2n) is 7.41. The Morgan fingerprint density at radius 1 is 1.03 bits per heavy atom. The molecule has 0 bridgehead atoms. The zero-order valence-electron chi connectivity index (χ0n) is 16.4. The lowest BCUT2D eigenvalue weighted by Gasteiger charge is -2.40. The van der Waals surface area contributed by atoms with Crippen LogP contribution >= 0.6 is 34.8 Å². The third-order valence-electron chi connectivity index (χ3n) is 5.34. The van der Waals surface area contributed by atoms with Crippen molar-refractivity contribution in [3.05, 3.63) is 62.6 Å². The van der Waals surface area contributed by atoms with Gasteiger partial charge < -0.3 is 4.90 Å². The normalized spacial score (nSPS) is 19.6. The third kappa shape index (κ3) is 5.17. The maximum absolute atomic E-state index is 13.9. The fraction of sp³-hybridized carbons (Fsp3) is 0.350. The molecule has 2 atom stereocenters. The highest BCUT2D eigenvalue weighted by molar-refractivity contribution is 7.89. The van der Waals surface area contributed by atoms with E-state index >= 15 is 0 Å². The number of carbonyl (C=O) groups excluding carboxylic acids is 1. The predicted molar refractivity (Wildman–Crippen MR) is 119 cm³/mol. The van der Waals surface area contributed by atoms with E-state index in [0.29, 0.717) is 18.9 Å². The second kappa shape index (κ2) is 9.38. The molecule has 1 aliphatic rings. The Labute approximate surface area is 198 Å². The number of rotatable bonds is 4. The number of nitrogens with two attached hydrogens (primary N) is 1. The van der Waals surface area contributed by atoms with Crippen LogP contribution in [0.25, 0.3) is 0 Å². The van der Waals surface area contributed by atoms with Crippen molar-refractivity contribution in [1.29, 1.82) is 0 Å². The number of alkyl halides is 3. The number of hydrogen-bond acceptors (Lipinski definition) is 3. The van der Waals surface area contributed by atoms with Crippen LogP contribution in [0.5, 0.6) is 0 Å². The summed E-state index contributed by atoms with van der Waals surface area (Å²) in [7, 11) is -4.19. The van der Waals surface area contributed by atoms with Crippen molar-refractivity contribution in [2.24, 2.45) is 5.14 Å². The van der Waals surface area contributed by atoms with Crippen molar-refractivity contribution in [3.63, 3.8) is 0 Å². The average Bonchev–Trinajstić information content (AvgIpc) is 2.68. The summed E-state index contributed by atoms with van der Waals surface area (Å²) in [5, 5.41) is 3.77. The van der Waals surface area contributed by atoms with Crippen LogP contribution in [0.2, 0.25) is 15.1 Å². The fourth-order valence-corrected chi connectivity index (χ4v) is 5.88. The largest absolute Gasteiger partial charge is 0.418 e. The van der Waals surface area contributed by atoms with E-state index in [1.807, 2.05) is 0 Å². The van der Waals surface area contributed by atoms with Crippen molar-refractivity contribution in [2.45, 2.75) is 43.2 Å². The van der Waals surface area contributed by atoms with Gasteiger partial charge >= 0.3 is 6.18 Å². The van der Waals surface area contributed by atoms with Crippen LogP contribution in [0.4, 0.5) is 18.9 Å². The van der Waals surface area contributed by atoms with Gasteiger partial charge in [-0.05, 0) is 43.2 Å². The molecule has 2 aromatic rings. The van der Waals surface area contributed by atoms with E-state index in [-0.39, 0.29) is 33.5 Å². The topological polar surface area (TPSA) is 80.5 Å². The molecule has 1 amide bonds. The van der Waals surface area contributed by atoms with Crippen LogP contribution in [0.15, 0.2) is 36.4 Å². The highest BCUT2D eigenvalue weighted by Crippen LogP contribution is 2.42. The van der Waals surface area contributed by atoms with E-state index in [2.05, 4.69) is 0 Å². The van der Waals surface area contributed by atoms with E-state index in [0.717, 1.165) is 11.0 Å². The molecule has 0 radical (unpaired) electrons. The molecule has 3 rings (SSSR count). The maximum Gasteiger partial charge on any atom is 0.418 e. The van der Waals surface area contributed by atoms with Gasteiger partial charge in [0.1, 0.15) is 0 Å². The lowest BCUT2D eigenvalue weighted by atomic mass is 9.92. The first kappa shape index (κ1) is 25.1. The number of carbonyl (C=O) groups is 1. The zero-order chi connectivity index (χ0) is 23.8. The first-order valence-electron chi connectivity index (χ1n) is 9.48. The summed E-state index contributed by atoms with van der Waals surface area (Å²) in [6.07, 6.45) is -3.67. The summed E-state index contributed by atoms with van der Waals surface area (Å²) in [5.41, 5.74) is -1.98. The monoisotopic (exact) mass is 528 g/mol. The predicted octanol–water partition coefficient (Wildman–Crippen LogP) is 5.91. The van der Waals surface area contributed by atoms with Gasteiger partial charge in [0, 0.05) is 5.02 Å². The Morgan fingerprint density at radius 2 is 1.62 bits per heavy atom. The van der Waals surface area contributed by atoms with Crippen LogP contribution in [0.3, 0.4) is 0 Å². The summed E-state index contributed by atoms with van der Waals surface area (Å²) >= 11 is 18.1. The Balaban J connectivity index is 2.30. The number of primary sulfonamides is 1. The van der Waals surface area contributed by atoms with E-state index in [1.54, 1.807) is 0 Å². The molecule has 174 valence electrons. The Morgan fingerprint density at radius 3 is 2.19 bits per heavy atom. The summed E-state index contributed by atoms with van der Waals surface area (Å²) in [6.45, 7) is 0. The molecular formula is C20H18Cl3F3N2O3S. The van der Waals surface area contributed by atoms with E-state index in [9.17, 15) is 26.4 Å². The minimum absolute atomic E-state index is 0.0852. The first-order chi connectivity index (χ1) is 14.8. The fourth-order valence-electron chi connectivity index (χ4n) is 3.96. The van der Waals surface area contributed by atoms with Gasteiger partial charge in [-0.3, -0.25) is 4.79 Å². The molecule has 0 aromatic heterocycles. The SMILES string of the molecule is NS(=O)(=O)C1CCCCC1N(C(=O)c1c(Cl)cccc1Cl)c1ccc(Cl)cc1C(F)(F)F. The highest BCUT2D eigenvalue weighted by atomic mass is 35.5. The molecular weight excluding hydrogens is 512 g/mol. The second-order valence-corrected chi connectivity index (χ2v) is 10.4. The minimum Gasteiger partial charge on any atom is -0.303 e. The van der Waals surface area contributed by atoms with Gasteiger partial charge in [-0.25, -0.2) is 13.6 Å². The van der Waals surface area contributed by atoms with Crippen molar-refractivity contribution < 1.29 is 26.4 Å². The highest BCUT2D eigenvalue weighted by Gasteiger charge is 2.44. The molecule has 1 fully saturated rings. The number of halogens is 6. The summed E-state index contributed by atoms with van der Waals surface area (Å²) in [5.74, 6) is -0.964. The standard InChI is InChI=1S/C20H18Cl3F3N2O3S/c21-11-8-9-15(12(10-11)20(24,25)26)28(16-6-1-2-7-17(16)32(27,30)31)19(29)18-13(22)4-3-5-14(18)23/h3-5,8-10,16-17H,1-2,6-7H2,(H2,27,30,31). The van der Waals surface area contributed by atoms with Gasteiger partial charge in [0.05, 0.1) is 38.2 Å². The summed E-state index contributed by atoms with van der Waals surface area (Å²) in [4.78, 5) is 14.4. The van der Waals surface area contributed by atoms with Crippen LogP contribution in [0, 0.1) is 0 Å². The molecule has 0 spiro atoms. The van der Waals surface area contributed by atoms with Gasteiger partial charge in [-0.15, -0.1) is 0 Å². The summed E-state index contributed by atoms with van der Waals surface area (Å²) in [6, 6.07) is 5.94.